The smallest absolute Gasteiger partial charge is 0.273 e. The van der Waals surface area contributed by atoms with Gasteiger partial charge in [0.1, 0.15) is 11.5 Å². The van der Waals surface area contributed by atoms with Crippen LogP contribution in [0.1, 0.15) is 33.2 Å². The first-order valence-corrected chi connectivity index (χ1v) is 9.31. The fraction of sp³-hybridized carbons (Fsp3) is 0.273. The Labute approximate surface area is 168 Å². The van der Waals surface area contributed by atoms with Crippen molar-refractivity contribution in [2.75, 3.05) is 20.8 Å². The van der Waals surface area contributed by atoms with Gasteiger partial charge < -0.3 is 14.4 Å². The molecule has 1 aliphatic heterocycles. The Bertz CT molecular complexity index is 1030. The van der Waals surface area contributed by atoms with E-state index in [2.05, 4.69) is 10.2 Å². The molecule has 1 atom stereocenters. The van der Waals surface area contributed by atoms with E-state index in [4.69, 9.17) is 9.47 Å². The number of fused-ring (bicyclic) bond motifs is 1. The molecule has 0 aliphatic carbocycles. The van der Waals surface area contributed by atoms with Gasteiger partial charge in [-0.05, 0) is 13.0 Å². The zero-order chi connectivity index (χ0) is 20.5. The molecule has 0 saturated heterocycles. The number of aromatic nitrogens is 2. The summed E-state index contributed by atoms with van der Waals surface area (Å²) < 4.78 is 25.4. The maximum Gasteiger partial charge on any atom is 0.273 e. The van der Waals surface area contributed by atoms with Crippen molar-refractivity contribution in [1.82, 2.24) is 15.1 Å². The molecule has 29 heavy (non-hydrogen) atoms. The summed E-state index contributed by atoms with van der Waals surface area (Å²) in [5.74, 6) is -0.649. The predicted octanol–water partition coefficient (Wildman–Crippen LogP) is 3.69. The van der Waals surface area contributed by atoms with E-state index in [1.54, 1.807) is 23.1 Å². The van der Waals surface area contributed by atoms with Crippen LogP contribution in [0.25, 0.3) is 11.3 Å². The Kier molecular flexibility index (Phi) is 5.17. The number of aryl methyl sites for hydroxylation is 1. The number of nitrogens with zero attached hydrogens (tertiary/aromatic N) is 2. The SMILES string of the molecule is COC(CN1C(=O)c2[nH]nc(-c3ccc(C)cc3)c2C1c1ccccc1F)OC. The molecule has 0 saturated carbocycles. The quantitative estimate of drug-likeness (QED) is 0.647. The zero-order valence-electron chi connectivity index (χ0n) is 16.5. The lowest BCUT2D eigenvalue weighted by molar-refractivity contribution is -0.113. The monoisotopic (exact) mass is 395 g/mol. The maximum absolute atomic E-state index is 14.8. The van der Waals surface area contributed by atoms with E-state index in [1.807, 2.05) is 31.2 Å². The molecule has 1 aromatic heterocycles. The Morgan fingerprint density at radius 2 is 1.83 bits per heavy atom. The second-order valence-electron chi connectivity index (χ2n) is 7.01. The minimum atomic E-state index is -0.637. The van der Waals surface area contributed by atoms with Gasteiger partial charge in [0.15, 0.2) is 6.29 Å². The van der Waals surface area contributed by atoms with Crippen molar-refractivity contribution in [3.05, 3.63) is 76.7 Å². The lowest BCUT2D eigenvalue weighted by Crippen LogP contribution is -2.38. The molecule has 4 rings (SSSR count). The number of ether oxygens (including phenoxy) is 2. The van der Waals surface area contributed by atoms with E-state index >= 15 is 0 Å². The van der Waals surface area contributed by atoms with Crippen molar-refractivity contribution in [3.63, 3.8) is 0 Å². The third kappa shape index (κ3) is 3.32. The van der Waals surface area contributed by atoms with Crippen molar-refractivity contribution in [2.45, 2.75) is 19.3 Å². The van der Waals surface area contributed by atoms with Crippen LogP contribution in [-0.4, -0.2) is 48.1 Å². The summed E-state index contributed by atoms with van der Waals surface area (Å²) in [5.41, 5.74) is 4.04. The van der Waals surface area contributed by atoms with Gasteiger partial charge >= 0.3 is 0 Å². The Morgan fingerprint density at radius 3 is 2.48 bits per heavy atom. The molecule has 0 radical (unpaired) electrons. The highest BCUT2D eigenvalue weighted by Gasteiger charge is 2.44. The van der Waals surface area contributed by atoms with E-state index in [9.17, 15) is 9.18 Å². The minimum absolute atomic E-state index is 0.153. The first-order valence-electron chi connectivity index (χ1n) is 9.31. The first kappa shape index (κ1) is 19.3. The fourth-order valence-electron chi connectivity index (χ4n) is 3.74. The lowest BCUT2D eigenvalue weighted by atomic mass is 9.95. The normalized spacial score (nSPS) is 16.0. The second kappa shape index (κ2) is 7.77. The van der Waals surface area contributed by atoms with Gasteiger partial charge in [-0.2, -0.15) is 5.10 Å². The molecule has 3 aromatic rings. The summed E-state index contributed by atoms with van der Waals surface area (Å²) in [5, 5.41) is 7.25. The van der Waals surface area contributed by atoms with Gasteiger partial charge in [-0.3, -0.25) is 9.89 Å². The van der Waals surface area contributed by atoms with Crippen LogP contribution in [0.2, 0.25) is 0 Å². The number of rotatable bonds is 6. The van der Waals surface area contributed by atoms with Crippen molar-refractivity contribution < 1.29 is 18.7 Å². The van der Waals surface area contributed by atoms with Crippen LogP contribution in [0.4, 0.5) is 4.39 Å². The summed E-state index contributed by atoms with van der Waals surface area (Å²) in [4.78, 5) is 14.7. The topological polar surface area (TPSA) is 67.5 Å². The minimum Gasteiger partial charge on any atom is -0.354 e. The Morgan fingerprint density at radius 1 is 1.14 bits per heavy atom. The fourth-order valence-corrected chi connectivity index (χ4v) is 3.74. The van der Waals surface area contributed by atoms with Gasteiger partial charge in [-0.1, -0.05) is 48.0 Å². The zero-order valence-corrected chi connectivity index (χ0v) is 16.5. The molecule has 1 unspecified atom stereocenters. The summed E-state index contributed by atoms with van der Waals surface area (Å²) in [6.07, 6.45) is -0.631. The molecule has 6 nitrogen and oxygen atoms in total. The lowest BCUT2D eigenvalue weighted by Gasteiger charge is -2.29. The molecule has 1 aliphatic rings. The van der Waals surface area contributed by atoms with Crippen molar-refractivity contribution >= 4 is 5.91 Å². The molecule has 0 spiro atoms. The summed E-state index contributed by atoms with van der Waals surface area (Å²) in [6, 6.07) is 13.7. The van der Waals surface area contributed by atoms with Crippen LogP contribution in [0, 0.1) is 12.7 Å². The van der Waals surface area contributed by atoms with Gasteiger partial charge in [0.25, 0.3) is 5.91 Å². The van der Waals surface area contributed by atoms with Crippen molar-refractivity contribution in [1.29, 1.82) is 0 Å². The highest BCUT2D eigenvalue weighted by atomic mass is 19.1. The van der Waals surface area contributed by atoms with E-state index in [0.29, 0.717) is 22.5 Å². The molecule has 0 bridgehead atoms. The molecule has 7 heteroatoms. The average molecular weight is 395 g/mol. The highest BCUT2D eigenvalue weighted by molar-refractivity contribution is 6.00. The van der Waals surface area contributed by atoms with E-state index in [-0.39, 0.29) is 18.3 Å². The van der Waals surface area contributed by atoms with Crippen molar-refractivity contribution in [3.8, 4) is 11.3 Å². The van der Waals surface area contributed by atoms with E-state index in [0.717, 1.165) is 11.1 Å². The van der Waals surface area contributed by atoms with Gasteiger partial charge in [0, 0.05) is 30.9 Å². The van der Waals surface area contributed by atoms with E-state index in [1.165, 1.54) is 20.3 Å². The van der Waals surface area contributed by atoms with Crippen LogP contribution in [0.3, 0.4) is 0 Å². The predicted molar refractivity (Wildman–Crippen MR) is 106 cm³/mol. The first-order chi connectivity index (χ1) is 14.0. The number of carbonyl (C=O) groups is 1. The molecule has 1 N–H and O–H groups in total. The summed E-state index contributed by atoms with van der Waals surface area (Å²) >= 11 is 0. The molecule has 150 valence electrons. The summed E-state index contributed by atoms with van der Waals surface area (Å²) in [7, 11) is 3.01. The number of aromatic amines is 1. The number of nitrogens with one attached hydrogen (secondary N) is 1. The second-order valence-corrected chi connectivity index (χ2v) is 7.01. The van der Waals surface area contributed by atoms with Crippen LogP contribution >= 0.6 is 0 Å². The standard InChI is InChI=1S/C22H22FN3O3/c1-13-8-10-14(11-9-13)19-18-20(25-24-19)22(27)26(12-17(28-2)29-3)21(18)15-6-4-5-7-16(15)23/h4-11,17,21H,12H2,1-3H3,(H,24,25). The number of H-pyrrole nitrogens is 1. The maximum atomic E-state index is 14.8. The molecule has 2 aromatic carbocycles. The van der Waals surface area contributed by atoms with Gasteiger partial charge in [-0.25, -0.2) is 4.39 Å². The molecular weight excluding hydrogens is 373 g/mol. The summed E-state index contributed by atoms with van der Waals surface area (Å²) in [6.45, 7) is 2.16. The van der Waals surface area contributed by atoms with Crippen molar-refractivity contribution in [2.24, 2.45) is 0 Å². The number of hydrogen-bond donors (Lipinski definition) is 1. The third-order valence-electron chi connectivity index (χ3n) is 5.26. The molecule has 1 amide bonds. The molecule has 0 fully saturated rings. The Balaban J connectivity index is 1.87. The van der Waals surface area contributed by atoms with Gasteiger partial charge in [0.05, 0.1) is 18.3 Å². The number of benzene rings is 2. The molecule has 2 heterocycles. The van der Waals surface area contributed by atoms with Crippen LogP contribution in [-0.2, 0) is 9.47 Å². The van der Waals surface area contributed by atoms with Crippen LogP contribution in [0.15, 0.2) is 48.5 Å². The van der Waals surface area contributed by atoms with Crippen LogP contribution in [0.5, 0.6) is 0 Å². The van der Waals surface area contributed by atoms with Crippen LogP contribution < -0.4 is 0 Å². The van der Waals surface area contributed by atoms with Gasteiger partial charge in [0.2, 0.25) is 0 Å². The largest absolute Gasteiger partial charge is 0.354 e. The number of amides is 1. The highest BCUT2D eigenvalue weighted by Crippen LogP contribution is 2.43. The number of carbonyl (C=O) groups excluding carboxylic acids is 1. The number of hydrogen-bond acceptors (Lipinski definition) is 4. The Hall–Kier alpha value is -3.03. The average Bonchev–Trinajstić information content (AvgIpc) is 3.27. The van der Waals surface area contributed by atoms with E-state index < -0.39 is 12.3 Å². The molecular formula is C22H22FN3O3. The number of halogens is 1. The van der Waals surface area contributed by atoms with Gasteiger partial charge in [-0.15, -0.1) is 0 Å². The third-order valence-corrected chi connectivity index (χ3v) is 5.26. The number of methoxy groups -OCH3 is 2.